The molecule has 0 atom stereocenters. The number of nitrogens with two attached hydrogens (primary N) is 1. The highest BCUT2D eigenvalue weighted by atomic mass is 19.1. The number of nitrogens with one attached hydrogen (secondary N) is 1. The Morgan fingerprint density at radius 3 is 1.80 bits per heavy atom. The summed E-state index contributed by atoms with van der Waals surface area (Å²) in [6, 6.07) is 7.55. The lowest BCUT2D eigenvalue weighted by molar-refractivity contribution is 0.100. The van der Waals surface area contributed by atoms with Crippen LogP contribution in [0.25, 0.3) is 0 Å². The van der Waals surface area contributed by atoms with Crippen LogP contribution in [0.3, 0.4) is 0 Å². The van der Waals surface area contributed by atoms with Gasteiger partial charge in [0.1, 0.15) is 11.6 Å². The lowest BCUT2D eigenvalue weighted by Gasteiger charge is -2.02. The fraction of sp³-hybridized carbons (Fsp3) is 0.118. The maximum absolute atomic E-state index is 13.1. The lowest BCUT2D eigenvalue weighted by Crippen LogP contribution is -2.08. The Balaban J connectivity index is 0.000000257. The Hall–Kier alpha value is -3.29. The van der Waals surface area contributed by atoms with Crippen molar-refractivity contribution in [1.82, 2.24) is 0 Å². The van der Waals surface area contributed by atoms with Gasteiger partial charge in [0.05, 0.1) is 11.1 Å². The van der Waals surface area contributed by atoms with E-state index in [1.807, 2.05) is 5.32 Å². The summed E-state index contributed by atoms with van der Waals surface area (Å²) in [4.78, 5) is 31.7. The molecule has 4 N–H and O–H groups in total. The molecule has 8 heteroatoms. The number of carbonyl (C=O) groups is 3. The van der Waals surface area contributed by atoms with Crippen LogP contribution in [0.2, 0.25) is 0 Å². The number of carboxylic acid groups (broad SMARTS) is 1. The van der Waals surface area contributed by atoms with Gasteiger partial charge in [-0.05, 0) is 50.2 Å². The summed E-state index contributed by atoms with van der Waals surface area (Å²) in [6.45, 7) is 2.55. The molecule has 0 saturated heterocycles. The zero-order valence-corrected chi connectivity index (χ0v) is 13.5. The van der Waals surface area contributed by atoms with Gasteiger partial charge in [-0.1, -0.05) is 0 Å². The van der Waals surface area contributed by atoms with Gasteiger partial charge < -0.3 is 10.8 Å². The highest BCUT2D eigenvalue weighted by molar-refractivity contribution is 5.95. The number of hydrogen-bond donors (Lipinski definition) is 3. The third-order valence-corrected chi connectivity index (χ3v) is 2.97. The topological polar surface area (TPSA) is 109 Å². The number of halogens is 2. The van der Waals surface area contributed by atoms with E-state index in [2.05, 4.69) is 0 Å². The van der Waals surface area contributed by atoms with Crippen molar-refractivity contribution < 1.29 is 28.3 Å². The van der Waals surface area contributed by atoms with Crippen LogP contribution in [0, 0.1) is 11.6 Å². The second-order valence-corrected chi connectivity index (χ2v) is 4.98. The summed E-state index contributed by atoms with van der Waals surface area (Å²) in [5.41, 5.74) is 5.73. The summed E-state index contributed by atoms with van der Waals surface area (Å²) in [5.74, 6) is -1.98. The first-order valence-electron chi connectivity index (χ1n) is 6.98. The Kier molecular flexibility index (Phi) is 6.74. The fourth-order valence-electron chi connectivity index (χ4n) is 1.82. The van der Waals surface area contributed by atoms with Crippen LogP contribution >= 0.6 is 0 Å². The number of ketones is 2. The standard InChI is InChI=1S/C9H8FNO3.C8H8FNO/c1-5(12)7-3-2-6(4-8(7)10)11-9(13)14;1-5(11)7-3-2-6(10)4-8(7)9/h2-4,11H,1H3,(H,13,14);2-4H,10H2,1H3. The molecule has 0 aliphatic rings. The third-order valence-electron chi connectivity index (χ3n) is 2.97. The summed E-state index contributed by atoms with van der Waals surface area (Å²) in [6.07, 6.45) is -1.28. The molecule has 2 aromatic rings. The minimum atomic E-state index is -1.28. The van der Waals surface area contributed by atoms with Gasteiger partial charge in [-0.2, -0.15) is 0 Å². The molecule has 0 radical (unpaired) electrons. The molecule has 0 aliphatic carbocycles. The molecule has 0 bridgehead atoms. The molecular formula is C17H16F2N2O4. The summed E-state index contributed by atoms with van der Waals surface area (Å²) in [7, 11) is 0. The van der Waals surface area contributed by atoms with Crippen LogP contribution in [0.4, 0.5) is 25.0 Å². The second-order valence-electron chi connectivity index (χ2n) is 4.98. The van der Waals surface area contributed by atoms with Crippen molar-refractivity contribution in [3.63, 3.8) is 0 Å². The van der Waals surface area contributed by atoms with E-state index in [0.29, 0.717) is 5.69 Å². The van der Waals surface area contributed by atoms with E-state index in [1.165, 1.54) is 38.1 Å². The van der Waals surface area contributed by atoms with Gasteiger partial charge in [0.25, 0.3) is 0 Å². The maximum Gasteiger partial charge on any atom is 0.409 e. The van der Waals surface area contributed by atoms with Crippen LogP contribution in [0.15, 0.2) is 36.4 Å². The summed E-state index contributed by atoms with van der Waals surface area (Å²) in [5, 5.41) is 10.3. The maximum atomic E-state index is 13.1. The first-order chi connectivity index (χ1) is 11.6. The number of hydrogen-bond acceptors (Lipinski definition) is 4. The zero-order chi connectivity index (χ0) is 19.1. The molecule has 1 amide bonds. The number of amides is 1. The Morgan fingerprint density at radius 2 is 1.40 bits per heavy atom. The second kappa shape index (κ2) is 8.53. The number of anilines is 2. The van der Waals surface area contributed by atoms with Crippen molar-refractivity contribution in [1.29, 1.82) is 0 Å². The van der Waals surface area contributed by atoms with Crippen LogP contribution in [0.1, 0.15) is 34.6 Å². The van der Waals surface area contributed by atoms with E-state index >= 15 is 0 Å². The van der Waals surface area contributed by atoms with Crippen molar-refractivity contribution in [2.75, 3.05) is 11.1 Å². The predicted molar refractivity (Wildman–Crippen MR) is 88.9 cm³/mol. The van der Waals surface area contributed by atoms with E-state index in [4.69, 9.17) is 10.8 Å². The van der Waals surface area contributed by atoms with Crippen LogP contribution in [0.5, 0.6) is 0 Å². The van der Waals surface area contributed by atoms with E-state index < -0.39 is 23.5 Å². The number of carbonyl (C=O) groups excluding carboxylic acids is 2. The Morgan fingerprint density at radius 1 is 0.920 bits per heavy atom. The molecular weight excluding hydrogens is 334 g/mol. The summed E-state index contributed by atoms with van der Waals surface area (Å²) < 4.78 is 25.9. The molecule has 0 saturated carbocycles. The molecule has 0 spiro atoms. The SMILES string of the molecule is CC(=O)c1ccc(N)cc1F.CC(=O)c1ccc(NC(=O)O)cc1F. The molecule has 25 heavy (non-hydrogen) atoms. The van der Waals surface area contributed by atoms with Gasteiger partial charge in [0.15, 0.2) is 11.6 Å². The van der Waals surface area contributed by atoms with E-state index in [0.717, 1.165) is 12.1 Å². The molecule has 132 valence electrons. The van der Waals surface area contributed by atoms with Gasteiger partial charge in [-0.15, -0.1) is 0 Å². The third kappa shape index (κ3) is 6.02. The monoisotopic (exact) mass is 350 g/mol. The van der Waals surface area contributed by atoms with Gasteiger partial charge in [-0.3, -0.25) is 14.9 Å². The average Bonchev–Trinajstić information content (AvgIpc) is 2.46. The fourth-order valence-corrected chi connectivity index (χ4v) is 1.82. The van der Waals surface area contributed by atoms with E-state index in [1.54, 1.807) is 0 Å². The van der Waals surface area contributed by atoms with Crippen LogP contribution in [-0.4, -0.2) is 22.8 Å². The van der Waals surface area contributed by atoms with Gasteiger partial charge in [0.2, 0.25) is 0 Å². The minimum Gasteiger partial charge on any atom is -0.465 e. The molecule has 2 aromatic carbocycles. The first-order valence-corrected chi connectivity index (χ1v) is 6.98. The van der Waals surface area contributed by atoms with E-state index in [-0.39, 0.29) is 22.6 Å². The molecule has 2 rings (SSSR count). The number of Topliss-reactive ketones (excluding diaryl/α,β-unsaturated/α-hetero) is 2. The van der Waals surface area contributed by atoms with Crippen LogP contribution < -0.4 is 11.1 Å². The highest BCUT2D eigenvalue weighted by Crippen LogP contribution is 2.15. The van der Waals surface area contributed by atoms with Gasteiger partial charge in [0, 0.05) is 11.4 Å². The highest BCUT2D eigenvalue weighted by Gasteiger charge is 2.08. The first kappa shape index (κ1) is 19.8. The molecule has 0 aliphatic heterocycles. The largest absolute Gasteiger partial charge is 0.465 e. The summed E-state index contributed by atoms with van der Waals surface area (Å²) >= 11 is 0. The quantitative estimate of drug-likeness (QED) is 0.577. The van der Waals surface area contributed by atoms with Crippen LogP contribution in [-0.2, 0) is 0 Å². The zero-order valence-electron chi connectivity index (χ0n) is 13.5. The van der Waals surface area contributed by atoms with Crippen molar-refractivity contribution in [2.24, 2.45) is 0 Å². The number of nitrogen functional groups attached to an aromatic ring is 1. The Bertz CT molecular complexity index is 822. The number of rotatable bonds is 3. The Labute approximate surface area is 142 Å². The molecule has 6 nitrogen and oxygen atoms in total. The van der Waals surface area contributed by atoms with Crippen molar-refractivity contribution in [2.45, 2.75) is 13.8 Å². The van der Waals surface area contributed by atoms with E-state index in [9.17, 15) is 23.2 Å². The normalized spacial score (nSPS) is 9.60. The molecule has 0 aromatic heterocycles. The molecule has 0 heterocycles. The smallest absolute Gasteiger partial charge is 0.409 e. The molecule has 0 unspecified atom stereocenters. The van der Waals surface area contributed by atoms with Gasteiger partial charge >= 0.3 is 6.09 Å². The minimum absolute atomic E-state index is 0.0547. The lowest BCUT2D eigenvalue weighted by atomic mass is 10.1. The van der Waals surface area contributed by atoms with Crippen molar-refractivity contribution >= 4 is 29.0 Å². The van der Waals surface area contributed by atoms with Crippen molar-refractivity contribution in [3.8, 4) is 0 Å². The number of benzene rings is 2. The predicted octanol–water partition coefficient (Wildman–Crippen LogP) is 3.73. The van der Waals surface area contributed by atoms with Crippen molar-refractivity contribution in [3.05, 3.63) is 59.2 Å². The molecule has 0 fully saturated rings. The average molecular weight is 350 g/mol. The van der Waals surface area contributed by atoms with Gasteiger partial charge in [-0.25, -0.2) is 13.6 Å².